The molecule has 5 heteroatoms. The van der Waals surface area contributed by atoms with Crippen LogP contribution >= 0.6 is 12.2 Å². The molecule has 20 heavy (non-hydrogen) atoms. The number of nitrogens with zero attached hydrogens (tertiary/aromatic N) is 1. The summed E-state index contributed by atoms with van der Waals surface area (Å²) in [5.41, 5.74) is 7.10. The second-order valence-electron chi connectivity index (χ2n) is 4.96. The number of hydrogen-bond acceptors (Lipinski definition) is 3. The number of thiocarbonyl (C=S) groups is 1. The Morgan fingerprint density at radius 2 is 1.95 bits per heavy atom. The molecular weight excluding hydrogens is 270 g/mol. The standard InChI is InChI=1S/C15H23N3OS/c1-4-18(11(2)3)10-9-14(19)17-13-7-5-12(6-8-13)15(16)20/h5-8,11H,4,9-10H2,1-3H3,(H2,16,20)(H,17,19). The van der Waals surface area contributed by atoms with E-state index >= 15 is 0 Å². The van der Waals surface area contributed by atoms with Crippen molar-refractivity contribution in [1.82, 2.24) is 4.90 Å². The molecule has 0 saturated heterocycles. The highest BCUT2D eigenvalue weighted by Gasteiger charge is 2.09. The van der Waals surface area contributed by atoms with Gasteiger partial charge in [-0.25, -0.2) is 0 Å². The SMILES string of the molecule is CCN(CCC(=O)Nc1ccc(C(N)=S)cc1)C(C)C. The topological polar surface area (TPSA) is 58.4 Å². The third kappa shape index (κ3) is 5.27. The molecule has 0 radical (unpaired) electrons. The Hall–Kier alpha value is -1.46. The lowest BCUT2D eigenvalue weighted by Crippen LogP contribution is -2.33. The van der Waals surface area contributed by atoms with Crippen LogP contribution in [0.15, 0.2) is 24.3 Å². The normalized spacial score (nSPS) is 10.8. The number of hydrogen-bond donors (Lipinski definition) is 2. The molecule has 0 aliphatic heterocycles. The Morgan fingerprint density at radius 1 is 1.35 bits per heavy atom. The lowest BCUT2D eigenvalue weighted by Gasteiger charge is -2.24. The maximum Gasteiger partial charge on any atom is 0.225 e. The summed E-state index contributed by atoms with van der Waals surface area (Å²) >= 11 is 4.89. The molecule has 0 bridgehead atoms. The van der Waals surface area contributed by atoms with Gasteiger partial charge in [0.05, 0.1) is 0 Å². The number of nitrogens with one attached hydrogen (secondary N) is 1. The summed E-state index contributed by atoms with van der Waals surface area (Å²) < 4.78 is 0. The van der Waals surface area contributed by atoms with Crippen LogP contribution in [0.25, 0.3) is 0 Å². The summed E-state index contributed by atoms with van der Waals surface area (Å²) in [6.07, 6.45) is 0.489. The van der Waals surface area contributed by atoms with Crippen LogP contribution in [0.2, 0.25) is 0 Å². The van der Waals surface area contributed by atoms with Gasteiger partial charge in [0.2, 0.25) is 5.91 Å². The average Bonchev–Trinajstić information content (AvgIpc) is 2.39. The molecule has 110 valence electrons. The molecule has 3 N–H and O–H groups in total. The van der Waals surface area contributed by atoms with Crippen molar-refractivity contribution < 1.29 is 4.79 Å². The van der Waals surface area contributed by atoms with Crippen molar-refractivity contribution in [3.63, 3.8) is 0 Å². The quantitative estimate of drug-likeness (QED) is 0.758. The van der Waals surface area contributed by atoms with Gasteiger partial charge in [0.15, 0.2) is 0 Å². The third-order valence-electron chi connectivity index (χ3n) is 3.22. The number of nitrogens with two attached hydrogens (primary N) is 1. The Labute approximate surface area is 126 Å². The van der Waals surface area contributed by atoms with Crippen molar-refractivity contribution in [1.29, 1.82) is 0 Å². The van der Waals surface area contributed by atoms with Gasteiger partial charge < -0.3 is 16.0 Å². The van der Waals surface area contributed by atoms with Crippen LogP contribution in [0.3, 0.4) is 0 Å². The lowest BCUT2D eigenvalue weighted by molar-refractivity contribution is -0.116. The number of carbonyl (C=O) groups is 1. The molecule has 1 amide bonds. The summed E-state index contributed by atoms with van der Waals surface area (Å²) in [5.74, 6) is 0.0205. The van der Waals surface area contributed by atoms with Gasteiger partial charge in [0, 0.05) is 30.3 Å². The van der Waals surface area contributed by atoms with E-state index in [1.807, 2.05) is 24.3 Å². The van der Waals surface area contributed by atoms with E-state index in [0.29, 0.717) is 17.5 Å². The highest BCUT2D eigenvalue weighted by molar-refractivity contribution is 7.80. The van der Waals surface area contributed by atoms with Crippen molar-refractivity contribution in [3.05, 3.63) is 29.8 Å². The van der Waals surface area contributed by atoms with Crippen molar-refractivity contribution in [3.8, 4) is 0 Å². The molecule has 0 aromatic heterocycles. The molecule has 0 unspecified atom stereocenters. The van der Waals surface area contributed by atoms with Crippen molar-refractivity contribution in [2.24, 2.45) is 5.73 Å². The number of anilines is 1. The number of rotatable bonds is 7. The van der Waals surface area contributed by atoms with E-state index in [1.165, 1.54) is 0 Å². The van der Waals surface area contributed by atoms with Crippen LogP contribution in [0.4, 0.5) is 5.69 Å². The molecule has 1 aromatic carbocycles. The fourth-order valence-corrected chi connectivity index (χ4v) is 2.10. The molecule has 1 aromatic rings. The Balaban J connectivity index is 2.48. The van der Waals surface area contributed by atoms with Gasteiger partial charge >= 0.3 is 0 Å². The van der Waals surface area contributed by atoms with E-state index in [9.17, 15) is 4.79 Å². The minimum absolute atomic E-state index is 0.0205. The lowest BCUT2D eigenvalue weighted by atomic mass is 10.2. The van der Waals surface area contributed by atoms with E-state index in [2.05, 4.69) is 31.0 Å². The number of benzene rings is 1. The van der Waals surface area contributed by atoms with Crippen LogP contribution in [0.1, 0.15) is 32.8 Å². The van der Waals surface area contributed by atoms with E-state index in [1.54, 1.807) is 0 Å². The Bertz CT molecular complexity index is 457. The number of carbonyl (C=O) groups excluding carboxylic acids is 1. The molecule has 0 spiro atoms. The summed E-state index contributed by atoms with van der Waals surface area (Å²) in [4.78, 5) is 14.5. The second-order valence-corrected chi connectivity index (χ2v) is 5.40. The predicted molar refractivity (Wildman–Crippen MR) is 88.0 cm³/mol. The molecule has 0 aliphatic rings. The first-order valence-corrected chi connectivity index (χ1v) is 7.28. The van der Waals surface area contributed by atoms with Gasteiger partial charge in [0.25, 0.3) is 0 Å². The first kappa shape index (κ1) is 16.6. The van der Waals surface area contributed by atoms with E-state index in [4.69, 9.17) is 18.0 Å². The zero-order valence-electron chi connectivity index (χ0n) is 12.3. The van der Waals surface area contributed by atoms with Crippen LogP contribution in [-0.2, 0) is 4.79 Å². The van der Waals surface area contributed by atoms with Gasteiger partial charge in [-0.2, -0.15) is 0 Å². The Morgan fingerprint density at radius 3 is 2.40 bits per heavy atom. The van der Waals surface area contributed by atoms with Crippen molar-refractivity contribution in [2.75, 3.05) is 18.4 Å². The van der Waals surface area contributed by atoms with Gasteiger partial charge in [-0.05, 0) is 44.7 Å². The largest absolute Gasteiger partial charge is 0.389 e. The monoisotopic (exact) mass is 293 g/mol. The smallest absolute Gasteiger partial charge is 0.225 e. The van der Waals surface area contributed by atoms with Gasteiger partial charge in [0.1, 0.15) is 4.99 Å². The van der Waals surface area contributed by atoms with Crippen LogP contribution in [-0.4, -0.2) is 34.9 Å². The minimum atomic E-state index is 0.0205. The molecule has 1 rings (SSSR count). The van der Waals surface area contributed by atoms with E-state index < -0.39 is 0 Å². The minimum Gasteiger partial charge on any atom is -0.389 e. The van der Waals surface area contributed by atoms with E-state index in [-0.39, 0.29) is 5.91 Å². The van der Waals surface area contributed by atoms with Crippen LogP contribution in [0, 0.1) is 0 Å². The number of amides is 1. The summed E-state index contributed by atoms with van der Waals surface area (Å²) in [7, 11) is 0. The second kappa shape index (κ2) is 7.97. The molecular formula is C15H23N3OS. The van der Waals surface area contributed by atoms with Gasteiger partial charge in [-0.15, -0.1) is 0 Å². The first-order chi connectivity index (χ1) is 9.43. The molecule has 0 aliphatic carbocycles. The van der Waals surface area contributed by atoms with Crippen LogP contribution < -0.4 is 11.1 Å². The summed E-state index contributed by atoms with van der Waals surface area (Å²) in [5, 5.41) is 2.88. The molecule has 0 heterocycles. The van der Waals surface area contributed by atoms with E-state index in [0.717, 1.165) is 24.3 Å². The van der Waals surface area contributed by atoms with Crippen molar-refractivity contribution >= 4 is 28.8 Å². The summed E-state index contributed by atoms with van der Waals surface area (Å²) in [6.45, 7) is 8.09. The maximum absolute atomic E-state index is 11.9. The Kier molecular flexibility index (Phi) is 6.61. The highest BCUT2D eigenvalue weighted by atomic mass is 32.1. The van der Waals surface area contributed by atoms with Gasteiger partial charge in [-0.1, -0.05) is 19.1 Å². The van der Waals surface area contributed by atoms with Crippen molar-refractivity contribution in [2.45, 2.75) is 33.2 Å². The molecule has 4 nitrogen and oxygen atoms in total. The summed E-state index contributed by atoms with van der Waals surface area (Å²) in [6, 6.07) is 7.70. The fraction of sp³-hybridized carbons (Fsp3) is 0.467. The molecule has 0 atom stereocenters. The first-order valence-electron chi connectivity index (χ1n) is 6.87. The third-order valence-corrected chi connectivity index (χ3v) is 3.45. The maximum atomic E-state index is 11.9. The molecule has 0 fully saturated rings. The predicted octanol–water partition coefficient (Wildman–Crippen LogP) is 2.38. The van der Waals surface area contributed by atoms with Crippen LogP contribution in [0.5, 0.6) is 0 Å². The zero-order valence-corrected chi connectivity index (χ0v) is 13.2. The van der Waals surface area contributed by atoms with Gasteiger partial charge in [-0.3, -0.25) is 4.79 Å². The fourth-order valence-electron chi connectivity index (χ4n) is 1.97. The highest BCUT2D eigenvalue weighted by Crippen LogP contribution is 2.10. The zero-order chi connectivity index (χ0) is 15.1. The molecule has 0 saturated carbocycles. The average molecular weight is 293 g/mol.